The number of rotatable bonds is 5. The number of nitrogens with zero attached hydrogens (tertiary/aromatic N) is 1. The molecule has 5 nitrogen and oxygen atoms in total. The smallest absolute Gasteiger partial charge is 0.243 e. The molecule has 1 atom stereocenters. The van der Waals surface area contributed by atoms with E-state index in [1.165, 1.54) is 6.07 Å². The summed E-state index contributed by atoms with van der Waals surface area (Å²) in [5.74, 6) is 0.632. The first kappa shape index (κ1) is 18.0. The van der Waals surface area contributed by atoms with Gasteiger partial charge in [0.25, 0.3) is 0 Å². The Morgan fingerprint density at radius 2 is 2.04 bits per heavy atom. The van der Waals surface area contributed by atoms with E-state index in [4.69, 9.17) is 16.3 Å². The van der Waals surface area contributed by atoms with Crippen molar-refractivity contribution >= 4 is 21.6 Å². The van der Waals surface area contributed by atoms with Crippen LogP contribution in [0.5, 0.6) is 5.75 Å². The number of benzene rings is 1. The fourth-order valence-electron chi connectivity index (χ4n) is 3.56. The molecule has 134 valence electrons. The average molecular weight is 373 g/mol. The lowest BCUT2D eigenvalue weighted by molar-refractivity contribution is 0.255. The maximum atomic E-state index is 13.3. The summed E-state index contributed by atoms with van der Waals surface area (Å²) in [4.78, 5) is 0.288. The number of hydrogen-bond acceptors (Lipinski definition) is 4. The highest BCUT2D eigenvalue weighted by atomic mass is 35.5. The van der Waals surface area contributed by atoms with Gasteiger partial charge < -0.3 is 10.1 Å². The Kier molecular flexibility index (Phi) is 5.39. The monoisotopic (exact) mass is 372 g/mol. The van der Waals surface area contributed by atoms with Gasteiger partial charge in [0.2, 0.25) is 10.0 Å². The molecule has 0 bridgehead atoms. The van der Waals surface area contributed by atoms with Crippen LogP contribution in [0.25, 0.3) is 0 Å². The molecule has 1 N–H and O–H groups in total. The zero-order chi connectivity index (χ0) is 17.3. The predicted molar refractivity (Wildman–Crippen MR) is 95.3 cm³/mol. The van der Waals surface area contributed by atoms with Crippen LogP contribution in [0.3, 0.4) is 0 Å². The van der Waals surface area contributed by atoms with Gasteiger partial charge >= 0.3 is 0 Å². The summed E-state index contributed by atoms with van der Waals surface area (Å²) in [6.45, 7) is 6.22. The van der Waals surface area contributed by atoms with E-state index in [0.29, 0.717) is 23.7 Å². The number of ether oxygens (including phenoxy) is 1. The van der Waals surface area contributed by atoms with Crippen LogP contribution in [0.2, 0.25) is 5.02 Å². The number of halogens is 1. The molecule has 2 heterocycles. The summed E-state index contributed by atoms with van der Waals surface area (Å²) in [7, 11) is -3.56. The van der Waals surface area contributed by atoms with Crippen molar-refractivity contribution in [3.05, 3.63) is 22.7 Å². The largest absolute Gasteiger partial charge is 0.489 e. The molecule has 0 saturated carbocycles. The molecule has 2 aliphatic rings. The predicted octanol–water partition coefficient (Wildman–Crippen LogP) is 2.82. The molecule has 1 aromatic carbocycles. The van der Waals surface area contributed by atoms with Crippen molar-refractivity contribution < 1.29 is 13.2 Å². The second-order valence-corrected chi connectivity index (χ2v) is 8.92. The second-order valence-electron chi connectivity index (χ2n) is 6.62. The third-order valence-electron chi connectivity index (χ3n) is 4.69. The normalized spacial score (nSPS) is 21.8. The van der Waals surface area contributed by atoms with Gasteiger partial charge in [0.05, 0.1) is 9.92 Å². The molecule has 7 heteroatoms. The molecule has 0 radical (unpaired) electrons. The number of piperidine rings is 1. The summed E-state index contributed by atoms with van der Waals surface area (Å²) < 4.78 is 33.9. The van der Waals surface area contributed by atoms with Gasteiger partial charge in [-0.15, -0.1) is 0 Å². The minimum Gasteiger partial charge on any atom is -0.489 e. The lowest BCUT2D eigenvalue weighted by Crippen LogP contribution is -2.46. The summed E-state index contributed by atoms with van der Waals surface area (Å²) >= 11 is 6.30. The first-order chi connectivity index (χ1) is 11.4. The van der Waals surface area contributed by atoms with Gasteiger partial charge in [-0.3, -0.25) is 0 Å². The van der Waals surface area contributed by atoms with E-state index in [1.54, 1.807) is 10.4 Å². The van der Waals surface area contributed by atoms with Gasteiger partial charge in [-0.05, 0) is 51.4 Å². The topological polar surface area (TPSA) is 58.6 Å². The van der Waals surface area contributed by atoms with Gasteiger partial charge in [0.15, 0.2) is 0 Å². The zero-order valence-electron chi connectivity index (χ0n) is 14.2. The van der Waals surface area contributed by atoms with Crippen LogP contribution in [-0.2, 0) is 16.4 Å². The Labute approximate surface area is 149 Å². The van der Waals surface area contributed by atoms with Crippen molar-refractivity contribution in [2.45, 2.75) is 56.6 Å². The summed E-state index contributed by atoms with van der Waals surface area (Å²) in [6.07, 6.45) is 3.21. The van der Waals surface area contributed by atoms with Gasteiger partial charge in [0.1, 0.15) is 11.9 Å². The summed E-state index contributed by atoms with van der Waals surface area (Å²) in [5.41, 5.74) is 0.885. The van der Waals surface area contributed by atoms with E-state index >= 15 is 0 Å². The van der Waals surface area contributed by atoms with Gasteiger partial charge in [0, 0.05) is 24.6 Å². The van der Waals surface area contributed by atoms with E-state index in [-0.39, 0.29) is 17.0 Å². The molecule has 1 unspecified atom stereocenters. The minimum absolute atomic E-state index is 0.0339. The SMILES string of the molecule is CCCN(C1CCNCC1)S(=O)(=O)c1cc(Cl)c2c(c1)CC(C)O2. The van der Waals surface area contributed by atoms with E-state index in [9.17, 15) is 8.42 Å². The third kappa shape index (κ3) is 3.43. The van der Waals surface area contributed by atoms with E-state index in [2.05, 4.69) is 5.32 Å². The van der Waals surface area contributed by atoms with Crippen LogP contribution in [-0.4, -0.2) is 44.5 Å². The molecule has 1 saturated heterocycles. The maximum absolute atomic E-state index is 13.3. The highest BCUT2D eigenvalue weighted by molar-refractivity contribution is 7.89. The zero-order valence-corrected chi connectivity index (χ0v) is 15.8. The number of sulfonamides is 1. The third-order valence-corrected chi connectivity index (χ3v) is 6.90. The molecule has 0 aromatic heterocycles. The van der Waals surface area contributed by atoms with Gasteiger partial charge in [-0.25, -0.2) is 8.42 Å². The average Bonchev–Trinajstić information content (AvgIpc) is 2.94. The van der Waals surface area contributed by atoms with Crippen molar-refractivity contribution in [1.29, 1.82) is 0 Å². The Morgan fingerprint density at radius 1 is 1.33 bits per heavy atom. The Morgan fingerprint density at radius 3 is 2.71 bits per heavy atom. The Balaban J connectivity index is 1.96. The molecular weight excluding hydrogens is 348 g/mol. The lowest BCUT2D eigenvalue weighted by Gasteiger charge is -2.33. The standard InChI is InChI=1S/C17H25ClN2O3S/c1-3-8-20(14-4-6-19-7-5-14)24(21,22)15-10-13-9-12(2)23-17(13)16(18)11-15/h10-12,14,19H,3-9H2,1-2H3. The molecule has 1 aromatic rings. The quantitative estimate of drug-likeness (QED) is 0.863. The molecule has 24 heavy (non-hydrogen) atoms. The highest BCUT2D eigenvalue weighted by Gasteiger charge is 2.33. The fourth-order valence-corrected chi connectivity index (χ4v) is 5.76. The van der Waals surface area contributed by atoms with Crippen LogP contribution in [0, 0.1) is 0 Å². The fraction of sp³-hybridized carbons (Fsp3) is 0.647. The first-order valence-electron chi connectivity index (χ1n) is 8.65. The molecule has 0 aliphatic carbocycles. The van der Waals surface area contributed by atoms with Crippen molar-refractivity contribution in [2.24, 2.45) is 0 Å². The van der Waals surface area contributed by atoms with Crippen molar-refractivity contribution in [3.63, 3.8) is 0 Å². The Hall–Kier alpha value is -0.820. The lowest BCUT2D eigenvalue weighted by atomic mass is 10.1. The van der Waals surface area contributed by atoms with Crippen LogP contribution >= 0.6 is 11.6 Å². The number of nitrogens with one attached hydrogen (secondary N) is 1. The van der Waals surface area contributed by atoms with Crippen molar-refractivity contribution in [1.82, 2.24) is 9.62 Å². The second kappa shape index (κ2) is 7.20. The summed E-state index contributed by atoms with van der Waals surface area (Å²) in [6, 6.07) is 3.33. The van der Waals surface area contributed by atoms with Crippen LogP contribution in [0.15, 0.2) is 17.0 Å². The molecule has 0 amide bonds. The first-order valence-corrected chi connectivity index (χ1v) is 10.5. The van der Waals surface area contributed by atoms with E-state index in [0.717, 1.165) is 37.9 Å². The molecule has 2 aliphatic heterocycles. The molecular formula is C17H25ClN2O3S. The van der Waals surface area contributed by atoms with Crippen LogP contribution in [0.1, 0.15) is 38.7 Å². The molecule has 3 rings (SSSR count). The highest BCUT2D eigenvalue weighted by Crippen LogP contribution is 2.39. The number of hydrogen-bond donors (Lipinski definition) is 1. The minimum atomic E-state index is -3.56. The molecule has 1 fully saturated rings. The summed E-state index contributed by atoms with van der Waals surface area (Å²) in [5, 5.41) is 3.68. The molecule has 0 spiro atoms. The van der Waals surface area contributed by atoms with Gasteiger partial charge in [-0.2, -0.15) is 4.31 Å². The van der Waals surface area contributed by atoms with Crippen molar-refractivity contribution in [2.75, 3.05) is 19.6 Å². The van der Waals surface area contributed by atoms with Crippen LogP contribution < -0.4 is 10.1 Å². The Bertz CT molecular complexity index is 702. The van der Waals surface area contributed by atoms with Gasteiger partial charge in [-0.1, -0.05) is 18.5 Å². The number of fused-ring (bicyclic) bond motifs is 1. The van der Waals surface area contributed by atoms with E-state index < -0.39 is 10.0 Å². The van der Waals surface area contributed by atoms with Crippen molar-refractivity contribution in [3.8, 4) is 5.75 Å². The van der Waals surface area contributed by atoms with Crippen LogP contribution in [0.4, 0.5) is 0 Å². The maximum Gasteiger partial charge on any atom is 0.243 e. The van der Waals surface area contributed by atoms with E-state index in [1.807, 2.05) is 13.8 Å².